The maximum Gasteiger partial charge on any atom is 0.253 e. The third-order valence-electron chi connectivity index (χ3n) is 2.31. The monoisotopic (exact) mass is 243 g/mol. The SMILES string of the molecule is Cc1nccc(CNC(=O)c2ccc(N)nc2)n1. The molecule has 0 unspecified atom stereocenters. The van der Waals surface area contributed by atoms with Crippen molar-refractivity contribution in [2.75, 3.05) is 5.73 Å². The molecule has 0 fully saturated rings. The Hall–Kier alpha value is -2.50. The van der Waals surface area contributed by atoms with Gasteiger partial charge < -0.3 is 11.1 Å². The molecule has 0 saturated heterocycles. The van der Waals surface area contributed by atoms with Gasteiger partial charge in [-0.2, -0.15) is 0 Å². The first kappa shape index (κ1) is 12.0. The van der Waals surface area contributed by atoms with Crippen LogP contribution in [0, 0.1) is 6.92 Å². The van der Waals surface area contributed by atoms with Gasteiger partial charge in [-0.05, 0) is 25.1 Å². The molecule has 6 nitrogen and oxygen atoms in total. The van der Waals surface area contributed by atoms with E-state index in [0.29, 0.717) is 23.8 Å². The molecule has 0 bridgehead atoms. The first-order chi connectivity index (χ1) is 8.65. The molecule has 0 aliphatic heterocycles. The first-order valence-electron chi connectivity index (χ1n) is 5.43. The number of nitrogen functional groups attached to an aromatic ring is 1. The van der Waals surface area contributed by atoms with Gasteiger partial charge in [0.15, 0.2) is 0 Å². The first-order valence-corrected chi connectivity index (χ1v) is 5.43. The van der Waals surface area contributed by atoms with Gasteiger partial charge in [0.25, 0.3) is 5.91 Å². The highest BCUT2D eigenvalue weighted by Gasteiger charge is 2.05. The van der Waals surface area contributed by atoms with Crippen LogP contribution in [0.5, 0.6) is 0 Å². The summed E-state index contributed by atoms with van der Waals surface area (Å²) in [5.74, 6) is 0.854. The predicted molar refractivity (Wildman–Crippen MR) is 66.6 cm³/mol. The van der Waals surface area contributed by atoms with Crippen molar-refractivity contribution in [3.63, 3.8) is 0 Å². The fourth-order valence-corrected chi connectivity index (χ4v) is 1.42. The maximum absolute atomic E-state index is 11.8. The van der Waals surface area contributed by atoms with E-state index in [1.807, 2.05) is 0 Å². The Morgan fingerprint density at radius 2 is 2.17 bits per heavy atom. The second-order valence-electron chi connectivity index (χ2n) is 3.75. The lowest BCUT2D eigenvalue weighted by molar-refractivity contribution is 0.0950. The summed E-state index contributed by atoms with van der Waals surface area (Å²) in [4.78, 5) is 23.8. The van der Waals surface area contributed by atoms with Crippen LogP contribution in [0.1, 0.15) is 21.9 Å². The molecule has 0 aliphatic carbocycles. The Bertz CT molecular complexity index is 553. The van der Waals surface area contributed by atoms with Gasteiger partial charge in [0.1, 0.15) is 11.6 Å². The molecule has 1 amide bonds. The van der Waals surface area contributed by atoms with Gasteiger partial charge in [0.05, 0.1) is 17.8 Å². The molecule has 6 heteroatoms. The van der Waals surface area contributed by atoms with Crippen LogP contribution in [0.3, 0.4) is 0 Å². The molecule has 0 saturated carbocycles. The standard InChI is InChI=1S/C12H13N5O/c1-8-14-5-4-10(17-8)7-16-12(18)9-2-3-11(13)15-6-9/h2-6H,7H2,1H3,(H2,13,15)(H,16,18). The van der Waals surface area contributed by atoms with Gasteiger partial charge in [0.2, 0.25) is 0 Å². The number of rotatable bonds is 3. The topological polar surface area (TPSA) is 93.8 Å². The molecule has 0 aliphatic rings. The number of anilines is 1. The molecule has 3 N–H and O–H groups in total. The Morgan fingerprint density at radius 3 is 2.83 bits per heavy atom. The van der Waals surface area contributed by atoms with Crippen LogP contribution in [-0.2, 0) is 6.54 Å². The van der Waals surface area contributed by atoms with E-state index < -0.39 is 0 Å². The van der Waals surface area contributed by atoms with Gasteiger partial charge in [0, 0.05) is 12.4 Å². The summed E-state index contributed by atoms with van der Waals surface area (Å²) < 4.78 is 0. The van der Waals surface area contributed by atoms with Gasteiger partial charge in [-0.3, -0.25) is 4.79 Å². The summed E-state index contributed by atoms with van der Waals surface area (Å²) in [7, 11) is 0. The van der Waals surface area contributed by atoms with Crippen LogP contribution >= 0.6 is 0 Å². The van der Waals surface area contributed by atoms with Crippen LogP contribution in [-0.4, -0.2) is 20.9 Å². The molecule has 0 atom stereocenters. The highest BCUT2D eigenvalue weighted by atomic mass is 16.1. The Labute approximate surface area is 104 Å². The minimum Gasteiger partial charge on any atom is -0.384 e. The van der Waals surface area contributed by atoms with E-state index in [-0.39, 0.29) is 5.91 Å². The number of amides is 1. The number of nitrogens with one attached hydrogen (secondary N) is 1. The van der Waals surface area contributed by atoms with Crippen molar-refractivity contribution in [1.82, 2.24) is 20.3 Å². The third kappa shape index (κ3) is 3.00. The van der Waals surface area contributed by atoms with Crippen molar-refractivity contribution in [3.05, 3.63) is 47.7 Å². The summed E-state index contributed by atoms with van der Waals surface area (Å²) in [6, 6.07) is 4.97. The summed E-state index contributed by atoms with van der Waals surface area (Å²) in [5, 5.41) is 2.75. The maximum atomic E-state index is 11.8. The smallest absolute Gasteiger partial charge is 0.253 e. The molecule has 2 heterocycles. The van der Waals surface area contributed by atoms with Crippen molar-refractivity contribution in [2.24, 2.45) is 0 Å². The Balaban J connectivity index is 1.98. The minimum absolute atomic E-state index is 0.209. The van der Waals surface area contributed by atoms with Crippen LogP contribution in [0.4, 0.5) is 5.82 Å². The zero-order valence-corrected chi connectivity index (χ0v) is 9.92. The highest BCUT2D eigenvalue weighted by molar-refractivity contribution is 5.93. The number of carbonyl (C=O) groups is 1. The van der Waals surface area contributed by atoms with Gasteiger partial charge in [-0.15, -0.1) is 0 Å². The van der Waals surface area contributed by atoms with Crippen LogP contribution in [0.2, 0.25) is 0 Å². The van der Waals surface area contributed by atoms with Crippen molar-refractivity contribution >= 4 is 11.7 Å². The number of nitrogens with zero attached hydrogens (tertiary/aromatic N) is 3. The number of aromatic nitrogens is 3. The lowest BCUT2D eigenvalue weighted by Gasteiger charge is -2.05. The lowest BCUT2D eigenvalue weighted by atomic mass is 10.2. The van der Waals surface area contributed by atoms with Gasteiger partial charge >= 0.3 is 0 Å². The number of hydrogen-bond donors (Lipinski definition) is 2. The normalized spacial score (nSPS) is 10.1. The molecule has 18 heavy (non-hydrogen) atoms. The molecule has 0 aromatic carbocycles. The number of carbonyl (C=O) groups excluding carboxylic acids is 1. The average molecular weight is 243 g/mol. The number of hydrogen-bond acceptors (Lipinski definition) is 5. The lowest BCUT2D eigenvalue weighted by Crippen LogP contribution is -2.23. The van der Waals surface area contributed by atoms with Crippen molar-refractivity contribution in [1.29, 1.82) is 0 Å². The van der Waals surface area contributed by atoms with Crippen LogP contribution in [0.15, 0.2) is 30.6 Å². The third-order valence-corrected chi connectivity index (χ3v) is 2.31. The molecule has 92 valence electrons. The fourth-order valence-electron chi connectivity index (χ4n) is 1.42. The zero-order chi connectivity index (χ0) is 13.0. The fraction of sp³-hybridized carbons (Fsp3) is 0.167. The second kappa shape index (κ2) is 5.22. The van der Waals surface area contributed by atoms with Crippen molar-refractivity contribution in [3.8, 4) is 0 Å². The summed E-state index contributed by atoms with van der Waals surface area (Å²) in [6.45, 7) is 2.15. The minimum atomic E-state index is -0.209. The quantitative estimate of drug-likeness (QED) is 0.827. The number of pyridine rings is 1. The molecular weight excluding hydrogens is 230 g/mol. The molecule has 0 radical (unpaired) electrons. The predicted octanol–water partition coefficient (Wildman–Crippen LogP) is 0.692. The number of nitrogens with two attached hydrogens (primary N) is 1. The molecular formula is C12H13N5O. The van der Waals surface area contributed by atoms with Gasteiger partial charge in [-0.1, -0.05) is 0 Å². The molecule has 0 spiro atoms. The van der Waals surface area contributed by atoms with E-state index in [1.54, 1.807) is 31.3 Å². The molecule has 2 aromatic rings. The van der Waals surface area contributed by atoms with Crippen molar-refractivity contribution in [2.45, 2.75) is 13.5 Å². The van der Waals surface area contributed by atoms with E-state index in [4.69, 9.17) is 5.73 Å². The van der Waals surface area contributed by atoms with Crippen molar-refractivity contribution < 1.29 is 4.79 Å². The zero-order valence-electron chi connectivity index (χ0n) is 9.92. The van der Waals surface area contributed by atoms with E-state index in [0.717, 1.165) is 5.69 Å². The Morgan fingerprint density at radius 1 is 1.33 bits per heavy atom. The van der Waals surface area contributed by atoms with E-state index in [1.165, 1.54) is 6.20 Å². The van der Waals surface area contributed by atoms with Crippen LogP contribution < -0.4 is 11.1 Å². The van der Waals surface area contributed by atoms with E-state index in [2.05, 4.69) is 20.3 Å². The van der Waals surface area contributed by atoms with E-state index in [9.17, 15) is 4.79 Å². The molecule has 2 aromatic heterocycles. The number of aryl methyl sites for hydroxylation is 1. The summed E-state index contributed by atoms with van der Waals surface area (Å²) >= 11 is 0. The Kier molecular flexibility index (Phi) is 3.47. The summed E-state index contributed by atoms with van der Waals surface area (Å²) in [5.41, 5.74) is 6.68. The van der Waals surface area contributed by atoms with E-state index >= 15 is 0 Å². The average Bonchev–Trinajstić information content (AvgIpc) is 2.37. The summed E-state index contributed by atoms with van der Waals surface area (Å²) in [6.07, 6.45) is 3.10. The van der Waals surface area contributed by atoms with Crippen LogP contribution in [0.25, 0.3) is 0 Å². The molecule has 2 rings (SSSR count). The second-order valence-corrected chi connectivity index (χ2v) is 3.75. The highest BCUT2D eigenvalue weighted by Crippen LogP contribution is 2.01. The van der Waals surface area contributed by atoms with Gasteiger partial charge in [-0.25, -0.2) is 15.0 Å². The largest absolute Gasteiger partial charge is 0.384 e.